The molecular weight excluding hydrogens is 723 g/mol. The summed E-state index contributed by atoms with van der Waals surface area (Å²) in [6.07, 6.45) is -11.5. The van der Waals surface area contributed by atoms with Crippen molar-refractivity contribution in [1.29, 1.82) is 0 Å². The number of hydrogen-bond donors (Lipinski definition) is 1. The number of amides is 1. The van der Waals surface area contributed by atoms with Gasteiger partial charge in [-0.3, -0.25) is 9.69 Å². The van der Waals surface area contributed by atoms with Gasteiger partial charge in [0, 0.05) is 24.4 Å². The molecule has 1 N–H and O–H groups in total. The second-order valence-electron chi connectivity index (χ2n) is 9.95. The second-order valence-corrected chi connectivity index (χ2v) is 10.7. The lowest BCUT2D eigenvalue weighted by Gasteiger charge is -2.31. The molecule has 2 aromatic carbocycles. The van der Waals surface area contributed by atoms with E-state index in [2.05, 4.69) is 4.90 Å². The topological polar surface area (TPSA) is 35.6 Å². The molecule has 4 nitrogen and oxygen atoms in total. The Labute approximate surface area is 265 Å². The van der Waals surface area contributed by atoms with E-state index in [9.17, 15) is 48.7 Å². The normalized spacial score (nSPS) is 18.2. The van der Waals surface area contributed by atoms with Gasteiger partial charge in [-0.2, -0.15) is 39.5 Å². The van der Waals surface area contributed by atoms with E-state index < -0.39 is 58.0 Å². The number of nitrogens with one attached hydrogen (secondary N) is 1. The molecule has 1 unspecified atom stereocenters. The van der Waals surface area contributed by atoms with Gasteiger partial charge in [-0.15, -0.1) is 17.0 Å². The van der Waals surface area contributed by atoms with Crippen molar-refractivity contribution in [3.8, 4) is 0 Å². The van der Waals surface area contributed by atoms with Gasteiger partial charge in [0.1, 0.15) is 0 Å². The average Bonchev–Trinajstić information content (AvgIpc) is 3.33. The maximum absolute atomic E-state index is 14.6. The molecule has 44 heavy (non-hydrogen) atoms. The second kappa shape index (κ2) is 12.7. The number of likely N-dealkylation sites (N-methyl/N-ethyl adjacent to an activating group) is 1. The van der Waals surface area contributed by atoms with Crippen molar-refractivity contribution in [1.82, 2.24) is 4.90 Å². The molecule has 0 aromatic heterocycles. The number of carbonyl (C=O) groups excluding carboxylic acids is 1. The van der Waals surface area contributed by atoms with Crippen molar-refractivity contribution >= 4 is 57.5 Å². The standard InChI is InChI=1S/C27H21Cl2F10N3O.BrH/c1-41-9-4-8-19(41)14-5-3-10-42(13-14)20-7-2-6-16(21(20)29)23(43)40-22-17(25(31,32)33)11-15(12-18(22)28)24(30,26(34,35)36)27(37,38)39;/h2-3,5-7,11-13,19H,4,8-10H2,1H3,(H,40,43);1H. The Kier molecular flexibility index (Phi) is 10.4. The number of nitrogens with zero attached hydrogens (tertiary/aromatic N) is 2. The van der Waals surface area contributed by atoms with E-state index in [4.69, 9.17) is 23.2 Å². The van der Waals surface area contributed by atoms with Crippen molar-refractivity contribution in [3.05, 3.63) is 81.0 Å². The quantitative estimate of drug-likeness (QED) is 0.310. The fourth-order valence-electron chi connectivity index (χ4n) is 5.02. The van der Waals surface area contributed by atoms with Crippen LogP contribution in [0.2, 0.25) is 10.0 Å². The number of alkyl halides is 10. The van der Waals surface area contributed by atoms with Crippen LogP contribution in [0.3, 0.4) is 0 Å². The molecule has 1 amide bonds. The van der Waals surface area contributed by atoms with Gasteiger partial charge in [0.05, 0.1) is 32.5 Å². The third-order valence-corrected chi connectivity index (χ3v) is 7.86. The van der Waals surface area contributed by atoms with Gasteiger partial charge in [0.25, 0.3) is 5.91 Å². The summed E-state index contributed by atoms with van der Waals surface area (Å²) in [6.45, 7) is 1.23. The van der Waals surface area contributed by atoms with Gasteiger partial charge < -0.3 is 10.2 Å². The number of anilines is 2. The van der Waals surface area contributed by atoms with E-state index in [1.807, 2.05) is 25.4 Å². The van der Waals surface area contributed by atoms with Crippen LogP contribution < -0.4 is 10.2 Å². The lowest BCUT2D eigenvalue weighted by Crippen LogP contribution is -2.50. The van der Waals surface area contributed by atoms with E-state index in [0.717, 1.165) is 31.0 Å². The van der Waals surface area contributed by atoms with Crippen LogP contribution in [-0.2, 0) is 11.8 Å². The summed E-state index contributed by atoms with van der Waals surface area (Å²) in [5.41, 5.74) is -11.4. The molecule has 2 aliphatic rings. The van der Waals surface area contributed by atoms with E-state index in [1.165, 1.54) is 6.07 Å². The largest absolute Gasteiger partial charge is 0.435 e. The number of rotatable bonds is 5. The fourth-order valence-corrected chi connectivity index (χ4v) is 5.60. The summed E-state index contributed by atoms with van der Waals surface area (Å²) < 4.78 is 136. The summed E-state index contributed by atoms with van der Waals surface area (Å²) in [5.74, 6) is -1.31. The van der Waals surface area contributed by atoms with Crippen molar-refractivity contribution in [2.24, 2.45) is 0 Å². The van der Waals surface area contributed by atoms with Gasteiger partial charge >= 0.3 is 24.2 Å². The molecule has 0 spiro atoms. The molecule has 4 rings (SSSR count). The lowest BCUT2D eigenvalue weighted by atomic mass is 9.91. The molecule has 242 valence electrons. The molecule has 1 fully saturated rings. The van der Waals surface area contributed by atoms with Crippen LogP contribution in [0.1, 0.15) is 34.3 Å². The molecule has 1 atom stereocenters. The van der Waals surface area contributed by atoms with Crippen LogP contribution in [0.4, 0.5) is 55.3 Å². The summed E-state index contributed by atoms with van der Waals surface area (Å²) in [6, 6.07) is 3.25. The summed E-state index contributed by atoms with van der Waals surface area (Å²) in [7, 11) is 1.97. The van der Waals surface area contributed by atoms with Crippen molar-refractivity contribution in [3.63, 3.8) is 0 Å². The first-order chi connectivity index (χ1) is 19.8. The summed E-state index contributed by atoms with van der Waals surface area (Å²) >= 11 is 12.2. The van der Waals surface area contributed by atoms with E-state index in [0.29, 0.717) is 12.2 Å². The molecule has 0 aliphatic carbocycles. The Morgan fingerprint density at radius 1 is 0.977 bits per heavy atom. The molecule has 0 bridgehead atoms. The van der Waals surface area contributed by atoms with Crippen LogP contribution in [0, 0.1) is 0 Å². The zero-order valence-corrected chi connectivity index (χ0v) is 25.5. The van der Waals surface area contributed by atoms with Gasteiger partial charge in [0.2, 0.25) is 0 Å². The zero-order chi connectivity index (χ0) is 32.1. The number of halogens is 13. The number of carbonyl (C=O) groups is 1. The monoisotopic (exact) mass is 743 g/mol. The third kappa shape index (κ3) is 6.70. The number of benzene rings is 2. The zero-order valence-electron chi connectivity index (χ0n) is 22.3. The van der Waals surface area contributed by atoms with Crippen molar-refractivity contribution in [2.75, 3.05) is 30.4 Å². The SMILES string of the molecule is Br.CN1CCCC1C1=CN(c2cccc(C(=O)Nc3c(Cl)cc(C(F)(C(F)(F)F)C(F)(F)F)cc3C(F)(F)F)c2Cl)CC=C1. The molecule has 2 aromatic rings. The van der Waals surface area contributed by atoms with Crippen molar-refractivity contribution < 1.29 is 48.7 Å². The first-order valence-corrected chi connectivity index (χ1v) is 13.2. The van der Waals surface area contributed by atoms with Crippen LogP contribution in [0.5, 0.6) is 0 Å². The van der Waals surface area contributed by atoms with Crippen LogP contribution >= 0.6 is 40.2 Å². The Hall–Kier alpha value is -2.49. The Morgan fingerprint density at radius 3 is 2.16 bits per heavy atom. The Balaban J connectivity index is 0.00000529. The highest BCUT2D eigenvalue weighted by Gasteiger charge is 2.73. The first-order valence-electron chi connectivity index (χ1n) is 12.5. The smallest absolute Gasteiger partial charge is 0.343 e. The first kappa shape index (κ1) is 36.0. The lowest BCUT2D eigenvalue weighted by molar-refractivity contribution is -0.348. The maximum atomic E-state index is 14.6. The number of hydrogen-bond acceptors (Lipinski definition) is 3. The average molecular weight is 745 g/mol. The van der Waals surface area contributed by atoms with E-state index in [1.54, 1.807) is 16.3 Å². The van der Waals surface area contributed by atoms with Gasteiger partial charge in [-0.05, 0) is 56.3 Å². The molecule has 17 heteroatoms. The minimum absolute atomic E-state index is 0. The van der Waals surface area contributed by atoms with Gasteiger partial charge in [-0.1, -0.05) is 41.4 Å². The van der Waals surface area contributed by atoms with Crippen LogP contribution in [0.15, 0.2) is 54.3 Å². The van der Waals surface area contributed by atoms with Crippen LogP contribution in [0.25, 0.3) is 0 Å². The minimum atomic E-state index is -6.69. The summed E-state index contributed by atoms with van der Waals surface area (Å²) in [5, 5.41) is 0.148. The molecular formula is C27H22BrCl2F10N3O. The van der Waals surface area contributed by atoms with Crippen molar-refractivity contribution in [2.45, 2.75) is 43.1 Å². The summed E-state index contributed by atoms with van der Waals surface area (Å²) in [4.78, 5) is 17.0. The molecule has 1 saturated heterocycles. The Bertz CT molecular complexity index is 1460. The minimum Gasteiger partial charge on any atom is -0.343 e. The third-order valence-electron chi connectivity index (χ3n) is 7.17. The van der Waals surface area contributed by atoms with E-state index >= 15 is 0 Å². The molecule has 0 radical (unpaired) electrons. The van der Waals surface area contributed by atoms with Gasteiger partial charge in [0.15, 0.2) is 0 Å². The predicted octanol–water partition coefficient (Wildman–Crippen LogP) is 9.49. The highest BCUT2D eigenvalue weighted by atomic mass is 79.9. The highest BCUT2D eigenvalue weighted by Crippen LogP contribution is 2.55. The number of likely N-dealkylation sites (tertiary alicyclic amines) is 1. The fraction of sp³-hybridized carbons (Fsp3) is 0.370. The molecule has 0 saturated carbocycles. The Morgan fingerprint density at radius 2 is 1.61 bits per heavy atom. The van der Waals surface area contributed by atoms with Gasteiger partial charge in [-0.25, -0.2) is 4.39 Å². The predicted molar refractivity (Wildman–Crippen MR) is 151 cm³/mol. The van der Waals surface area contributed by atoms with E-state index in [-0.39, 0.29) is 39.7 Å². The maximum Gasteiger partial charge on any atom is 0.435 e. The molecule has 2 heterocycles. The van der Waals surface area contributed by atoms with Crippen LogP contribution in [-0.4, -0.2) is 49.3 Å². The highest BCUT2D eigenvalue weighted by molar-refractivity contribution is 8.93. The molecule has 2 aliphatic heterocycles.